The van der Waals surface area contributed by atoms with E-state index in [1.165, 1.54) is 5.92 Å². The van der Waals surface area contributed by atoms with Crippen LogP contribution in [0.1, 0.15) is 37.3 Å². The van der Waals surface area contributed by atoms with E-state index in [1.807, 2.05) is 0 Å². The molecule has 1 aromatic rings. The third-order valence-electron chi connectivity index (χ3n) is 3.83. The summed E-state index contributed by atoms with van der Waals surface area (Å²) in [4.78, 5) is 0. The highest BCUT2D eigenvalue weighted by Gasteiger charge is 2.24. The highest BCUT2D eigenvalue weighted by atomic mass is 19.4. The summed E-state index contributed by atoms with van der Waals surface area (Å²) < 4.78 is 74.9. The molecule has 2 rings (SSSR count). The zero-order valence-corrected chi connectivity index (χ0v) is 13.8. The normalized spacial score (nSPS) is 20.9. The number of alkyl halides is 3. The Morgan fingerprint density at radius 1 is 1.08 bits per heavy atom. The van der Waals surface area contributed by atoms with Gasteiger partial charge in [-0.25, -0.2) is 8.78 Å². The van der Waals surface area contributed by atoms with Gasteiger partial charge in [0.05, 0.1) is 18.8 Å². The second-order valence-electron chi connectivity index (χ2n) is 5.97. The molecule has 0 aromatic heterocycles. The summed E-state index contributed by atoms with van der Waals surface area (Å²) in [5.41, 5.74) is -0.566. The van der Waals surface area contributed by atoms with Gasteiger partial charge in [-0.2, -0.15) is 13.2 Å². The minimum absolute atomic E-state index is 0.282. The van der Waals surface area contributed by atoms with Crippen LogP contribution in [0.25, 0.3) is 0 Å². The number of aryl methyl sites for hydroxylation is 1. The molecule has 0 unspecified atom stereocenters. The number of rotatable bonds is 5. The number of ether oxygens (including phenoxy) is 2. The molecule has 2 nitrogen and oxygen atoms in total. The van der Waals surface area contributed by atoms with Gasteiger partial charge < -0.3 is 9.47 Å². The Hall–Kier alpha value is -1.65. The third kappa shape index (κ3) is 6.29. The molecular weight excluding hydrogens is 343 g/mol. The van der Waals surface area contributed by atoms with Crippen molar-refractivity contribution in [3.05, 3.63) is 34.9 Å². The highest BCUT2D eigenvalue weighted by molar-refractivity contribution is 5.39. The first-order valence-electron chi connectivity index (χ1n) is 8.09. The smallest absolute Gasteiger partial charge is 0.352 e. The van der Waals surface area contributed by atoms with Crippen LogP contribution < -0.4 is 0 Å². The van der Waals surface area contributed by atoms with Gasteiger partial charge in [-0.05, 0) is 30.5 Å². The molecule has 1 saturated heterocycles. The van der Waals surface area contributed by atoms with Gasteiger partial charge in [0.2, 0.25) is 0 Å². The molecule has 1 aromatic carbocycles. The molecular formula is C18H19F5O2. The van der Waals surface area contributed by atoms with Gasteiger partial charge in [-0.3, -0.25) is 0 Å². The minimum atomic E-state index is -4.80. The van der Waals surface area contributed by atoms with E-state index in [2.05, 4.69) is 6.92 Å². The molecule has 0 atom stereocenters. The molecule has 1 heterocycles. The van der Waals surface area contributed by atoms with Crippen molar-refractivity contribution < 1.29 is 31.4 Å². The molecule has 0 bridgehead atoms. The summed E-state index contributed by atoms with van der Waals surface area (Å²) in [5.74, 6) is 0.505. The van der Waals surface area contributed by atoms with E-state index in [0.29, 0.717) is 31.1 Å². The van der Waals surface area contributed by atoms with Crippen LogP contribution in [0.5, 0.6) is 0 Å². The lowest BCUT2D eigenvalue weighted by molar-refractivity contribution is -0.203. The fraction of sp³-hybridized carbons (Fsp3) is 0.556. The van der Waals surface area contributed by atoms with Crippen LogP contribution in [0.4, 0.5) is 22.0 Å². The van der Waals surface area contributed by atoms with Crippen LogP contribution in [0.15, 0.2) is 12.1 Å². The third-order valence-corrected chi connectivity index (χ3v) is 3.83. The molecule has 0 N–H and O–H groups in total. The Labute approximate surface area is 143 Å². The molecule has 0 spiro atoms. The molecule has 1 fully saturated rings. The summed E-state index contributed by atoms with van der Waals surface area (Å²) in [7, 11) is 0. The van der Waals surface area contributed by atoms with Crippen LogP contribution in [0, 0.1) is 29.4 Å². The lowest BCUT2D eigenvalue weighted by atomic mass is 10.0. The fourth-order valence-electron chi connectivity index (χ4n) is 2.63. The van der Waals surface area contributed by atoms with E-state index in [-0.39, 0.29) is 6.42 Å². The van der Waals surface area contributed by atoms with Gasteiger partial charge in [0.15, 0.2) is 6.29 Å². The predicted molar refractivity (Wildman–Crippen MR) is 81.7 cm³/mol. The van der Waals surface area contributed by atoms with Gasteiger partial charge in [-0.1, -0.05) is 19.3 Å². The minimum Gasteiger partial charge on any atom is -0.352 e. The lowest BCUT2D eigenvalue weighted by Gasteiger charge is -2.29. The molecule has 0 saturated carbocycles. The number of hydrogen-bond acceptors (Lipinski definition) is 2. The van der Waals surface area contributed by atoms with Crippen LogP contribution in [-0.4, -0.2) is 25.7 Å². The van der Waals surface area contributed by atoms with E-state index in [4.69, 9.17) is 9.47 Å². The maximum Gasteiger partial charge on any atom is 0.458 e. The van der Waals surface area contributed by atoms with E-state index < -0.39 is 29.7 Å². The topological polar surface area (TPSA) is 18.5 Å². The first-order chi connectivity index (χ1) is 11.8. The second kappa shape index (κ2) is 8.63. The van der Waals surface area contributed by atoms with Gasteiger partial charge in [0, 0.05) is 18.3 Å². The molecule has 0 aliphatic carbocycles. The maximum atomic E-state index is 13.8. The average Bonchev–Trinajstić information content (AvgIpc) is 2.52. The molecule has 25 heavy (non-hydrogen) atoms. The maximum absolute atomic E-state index is 13.8. The largest absolute Gasteiger partial charge is 0.458 e. The van der Waals surface area contributed by atoms with E-state index in [1.54, 1.807) is 0 Å². The summed E-state index contributed by atoms with van der Waals surface area (Å²) in [5, 5.41) is 0. The standard InChI is InChI=1S/C18H19F5O2/c1-2-3-13-10-24-17(25-11-13)5-4-12-8-15(19)14(16(20)9-12)6-7-18(21,22)23/h8-9,13,17H,2-5,10-11H2,1H3. The van der Waals surface area contributed by atoms with Gasteiger partial charge in [-0.15, -0.1) is 0 Å². The Kier molecular flexibility index (Phi) is 6.79. The van der Waals surface area contributed by atoms with Crippen molar-refractivity contribution >= 4 is 0 Å². The first-order valence-corrected chi connectivity index (χ1v) is 8.09. The summed E-state index contributed by atoms with van der Waals surface area (Å²) in [6, 6.07) is 1.98. The number of benzene rings is 1. The predicted octanol–water partition coefficient (Wildman–Crippen LogP) is 4.60. The van der Waals surface area contributed by atoms with Crippen molar-refractivity contribution in [2.24, 2.45) is 5.92 Å². The van der Waals surface area contributed by atoms with Crippen LogP contribution >= 0.6 is 0 Å². The zero-order chi connectivity index (χ0) is 18.4. The summed E-state index contributed by atoms with van der Waals surface area (Å²) in [6.45, 7) is 3.26. The summed E-state index contributed by atoms with van der Waals surface area (Å²) >= 11 is 0. The van der Waals surface area contributed by atoms with Gasteiger partial charge in [0.1, 0.15) is 11.6 Å². The Morgan fingerprint density at radius 3 is 2.20 bits per heavy atom. The monoisotopic (exact) mass is 362 g/mol. The van der Waals surface area contributed by atoms with Crippen molar-refractivity contribution in [3.8, 4) is 11.8 Å². The Morgan fingerprint density at radius 2 is 1.68 bits per heavy atom. The van der Waals surface area contributed by atoms with Crippen LogP contribution in [-0.2, 0) is 15.9 Å². The van der Waals surface area contributed by atoms with E-state index in [9.17, 15) is 22.0 Å². The van der Waals surface area contributed by atoms with Crippen molar-refractivity contribution in [1.82, 2.24) is 0 Å². The fourth-order valence-corrected chi connectivity index (χ4v) is 2.63. The van der Waals surface area contributed by atoms with Crippen molar-refractivity contribution in [3.63, 3.8) is 0 Å². The van der Waals surface area contributed by atoms with E-state index >= 15 is 0 Å². The molecule has 0 radical (unpaired) electrons. The number of hydrogen-bond donors (Lipinski definition) is 0. The van der Waals surface area contributed by atoms with Crippen molar-refractivity contribution in [2.45, 2.75) is 45.1 Å². The second-order valence-corrected chi connectivity index (χ2v) is 5.97. The first kappa shape index (κ1) is 19.7. The Balaban J connectivity index is 1.94. The van der Waals surface area contributed by atoms with E-state index in [0.717, 1.165) is 30.9 Å². The Bertz CT molecular complexity index is 614. The van der Waals surface area contributed by atoms with Crippen LogP contribution in [0.2, 0.25) is 0 Å². The molecule has 1 aliphatic heterocycles. The SMILES string of the molecule is CCCC1COC(CCc2cc(F)c(C#CC(F)(F)F)c(F)c2)OC1. The number of halogens is 5. The van der Waals surface area contributed by atoms with Crippen molar-refractivity contribution in [2.75, 3.05) is 13.2 Å². The molecule has 0 amide bonds. The van der Waals surface area contributed by atoms with Crippen molar-refractivity contribution in [1.29, 1.82) is 0 Å². The highest BCUT2D eigenvalue weighted by Crippen LogP contribution is 2.21. The molecule has 1 aliphatic rings. The van der Waals surface area contributed by atoms with Gasteiger partial charge >= 0.3 is 6.18 Å². The average molecular weight is 362 g/mol. The zero-order valence-electron chi connectivity index (χ0n) is 13.8. The molecule has 138 valence electrons. The summed E-state index contributed by atoms with van der Waals surface area (Å²) in [6.07, 6.45) is -2.49. The molecule has 7 heteroatoms. The lowest BCUT2D eigenvalue weighted by Crippen LogP contribution is -2.32. The van der Waals surface area contributed by atoms with Gasteiger partial charge in [0.25, 0.3) is 0 Å². The van der Waals surface area contributed by atoms with Crippen LogP contribution in [0.3, 0.4) is 0 Å². The quantitative estimate of drug-likeness (QED) is 0.563.